The van der Waals surface area contributed by atoms with Crippen molar-refractivity contribution in [1.29, 1.82) is 0 Å². The van der Waals surface area contributed by atoms with Gasteiger partial charge in [-0.15, -0.1) is 0 Å². The molecule has 21 heavy (non-hydrogen) atoms. The highest BCUT2D eigenvalue weighted by Crippen LogP contribution is 2.22. The van der Waals surface area contributed by atoms with Gasteiger partial charge in [0.15, 0.2) is 10.8 Å². The van der Waals surface area contributed by atoms with E-state index in [1.807, 2.05) is 0 Å². The second-order valence-electron chi connectivity index (χ2n) is 4.13. The Bertz CT molecular complexity index is 768. The molecule has 2 heterocycles. The third-order valence-corrected chi connectivity index (χ3v) is 3.55. The van der Waals surface area contributed by atoms with Crippen LogP contribution in [-0.2, 0) is 14.8 Å². The summed E-state index contributed by atoms with van der Waals surface area (Å²) >= 11 is 0. The van der Waals surface area contributed by atoms with Crippen LogP contribution in [0.2, 0.25) is 0 Å². The lowest BCUT2D eigenvalue weighted by atomic mass is 10.3. The predicted octanol–water partition coefficient (Wildman–Crippen LogP) is 0.400. The monoisotopic (exact) mass is 310 g/mol. The van der Waals surface area contributed by atoms with Gasteiger partial charge in [0.2, 0.25) is 0 Å². The number of ether oxygens (including phenoxy) is 1. The fraction of sp³-hybridized carbons (Fsp3) is 0.250. The maximum Gasteiger partial charge on any atom is 0.343 e. The number of sulfonamides is 1. The maximum absolute atomic E-state index is 12.0. The molecule has 0 aromatic carbocycles. The Kier molecular flexibility index (Phi) is 4.05. The number of aryl methyl sites for hydroxylation is 1. The Labute approximate surface area is 121 Å². The van der Waals surface area contributed by atoms with E-state index in [1.165, 1.54) is 13.1 Å². The summed E-state index contributed by atoms with van der Waals surface area (Å²) in [5, 5.41) is 8.83. The zero-order valence-corrected chi connectivity index (χ0v) is 12.3. The molecule has 0 aliphatic heterocycles. The van der Waals surface area contributed by atoms with Crippen molar-refractivity contribution in [3.63, 3.8) is 0 Å². The molecule has 0 saturated carbocycles. The first-order valence-electron chi connectivity index (χ1n) is 6.07. The van der Waals surface area contributed by atoms with Crippen LogP contribution in [0, 0.1) is 6.92 Å². The number of carbonyl (C=O) groups is 1. The molecular weight excluding hydrogens is 296 g/mol. The van der Waals surface area contributed by atoms with E-state index in [2.05, 4.69) is 10.1 Å². The lowest BCUT2D eigenvalue weighted by Gasteiger charge is -2.06. The van der Waals surface area contributed by atoms with E-state index in [0.717, 1.165) is 4.68 Å². The molecule has 2 aromatic rings. The van der Waals surface area contributed by atoms with Crippen molar-refractivity contribution in [3.8, 4) is 5.82 Å². The highest BCUT2D eigenvalue weighted by Gasteiger charge is 2.30. The van der Waals surface area contributed by atoms with Gasteiger partial charge in [0, 0.05) is 6.20 Å². The van der Waals surface area contributed by atoms with E-state index in [1.54, 1.807) is 25.1 Å². The number of nitrogens with two attached hydrogens (primary N) is 1. The highest BCUT2D eigenvalue weighted by molar-refractivity contribution is 7.89. The minimum absolute atomic E-state index is 0.108. The molecule has 0 aliphatic rings. The Morgan fingerprint density at radius 2 is 2.14 bits per heavy atom. The normalized spacial score (nSPS) is 11.4. The van der Waals surface area contributed by atoms with Gasteiger partial charge >= 0.3 is 5.97 Å². The lowest BCUT2D eigenvalue weighted by Crippen LogP contribution is -2.21. The summed E-state index contributed by atoms with van der Waals surface area (Å²) in [6.07, 6.45) is 1.48. The number of nitrogens with zero attached hydrogens (tertiary/aromatic N) is 3. The predicted molar refractivity (Wildman–Crippen MR) is 73.4 cm³/mol. The second-order valence-corrected chi connectivity index (χ2v) is 5.61. The Hall–Kier alpha value is -2.26. The Morgan fingerprint density at radius 1 is 1.43 bits per heavy atom. The molecule has 0 amide bonds. The van der Waals surface area contributed by atoms with Crippen LogP contribution in [0.4, 0.5) is 0 Å². The van der Waals surface area contributed by atoms with Crippen molar-refractivity contribution in [2.24, 2.45) is 5.14 Å². The van der Waals surface area contributed by atoms with Crippen molar-refractivity contribution in [2.45, 2.75) is 18.9 Å². The van der Waals surface area contributed by atoms with Crippen molar-refractivity contribution in [1.82, 2.24) is 14.8 Å². The van der Waals surface area contributed by atoms with Gasteiger partial charge in [0.05, 0.1) is 12.3 Å². The summed E-state index contributed by atoms with van der Waals surface area (Å²) in [6.45, 7) is 3.23. The van der Waals surface area contributed by atoms with Crippen molar-refractivity contribution in [2.75, 3.05) is 6.61 Å². The first kappa shape index (κ1) is 15.1. The van der Waals surface area contributed by atoms with E-state index in [0.29, 0.717) is 0 Å². The number of rotatable bonds is 4. The number of primary sulfonamides is 1. The third kappa shape index (κ3) is 2.93. The molecular formula is C12H14N4O4S. The number of pyridine rings is 1. The Morgan fingerprint density at radius 3 is 2.67 bits per heavy atom. The van der Waals surface area contributed by atoms with Crippen LogP contribution in [0.25, 0.3) is 5.82 Å². The molecule has 0 spiro atoms. The van der Waals surface area contributed by atoms with E-state index >= 15 is 0 Å². The van der Waals surface area contributed by atoms with Gasteiger partial charge in [0.1, 0.15) is 5.56 Å². The number of aromatic nitrogens is 3. The van der Waals surface area contributed by atoms with E-state index in [9.17, 15) is 13.2 Å². The van der Waals surface area contributed by atoms with Gasteiger partial charge in [-0.2, -0.15) is 5.10 Å². The van der Waals surface area contributed by atoms with Crippen LogP contribution in [0.5, 0.6) is 0 Å². The lowest BCUT2D eigenvalue weighted by molar-refractivity contribution is 0.0520. The topological polar surface area (TPSA) is 117 Å². The minimum atomic E-state index is -4.20. The Balaban J connectivity index is 2.74. The summed E-state index contributed by atoms with van der Waals surface area (Å²) in [5.74, 6) is -0.554. The average Bonchev–Trinajstić information content (AvgIpc) is 2.78. The number of hydrogen-bond donors (Lipinski definition) is 1. The van der Waals surface area contributed by atoms with Crippen LogP contribution in [0.15, 0.2) is 29.4 Å². The van der Waals surface area contributed by atoms with E-state index < -0.39 is 21.0 Å². The largest absolute Gasteiger partial charge is 0.462 e. The number of carbonyl (C=O) groups excluding carboxylic acids is 1. The molecule has 0 saturated heterocycles. The van der Waals surface area contributed by atoms with E-state index in [4.69, 9.17) is 9.88 Å². The molecule has 0 bridgehead atoms. The van der Waals surface area contributed by atoms with Crippen molar-refractivity contribution in [3.05, 3.63) is 35.7 Å². The van der Waals surface area contributed by atoms with Crippen molar-refractivity contribution < 1.29 is 17.9 Å². The summed E-state index contributed by atoms with van der Waals surface area (Å²) < 4.78 is 29.6. The molecule has 112 valence electrons. The van der Waals surface area contributed by atoms with Crippen LogP contribution in [0.1, 0.15) is 23.0 Å². The van der Waals surface area contributed by atoms with Gasteiger partial charge in [-0.3, -0.25) is 0 Å². The fourth-order valence-electron chi connectivity index (χ4n) is 1.84. The molecule has 0 unspecified atom stereocenters. The molecule has 0 radical (unpaired) electrons. The SMILES string of the molecule is CCOC(=O)c1c(C)nn(-c2ccccn2)c1S(N)(=O)=O. The molecule has 0 fully saturated rings. The van der Waals surface area contributed by atoms with Crippen molar-refractivity contribution >= 4 is 16.0 Å². The fourth-order valence-corrected chi connectivity index (χ4v) is 2.73. The molecule has 2 rings (SSSR count). The van der Waals surface area contributed by atoms with Crippen LogP contribution in [0.3, 0.4) is 0 Å². The number of hydrogen-bond acceptors (Lipinski definition) is 6. The van der Waals surface area contributed by atoms with Crippen LogP contribution >= 0.6 is 0 Å². The second kappa shape index (κ2) is 5.62. The molecule has 2 aromatic heterocycles. The van der Waals surface area contributed by atoms with Crippen LogP contribution < -0.4 is 5.14 Å². The van der Waals surface area contributed by atoms with Gasteiger partial charge in [0.25, 0.3) is 10.0 Å². The summed E-state index contributed by atoms with van der Waals surface area (Å²) in [5.41, 5.74) is 0.0214. The zero-order valence-electron chi connectivity index (χ0n) is 11.5. The molecule has 2 N–H and O–H groups in total. The van der Waals surface area contributed by atoms with Gasteiger partial charge in [-0.05, 0) is 26.0 Å². The standard InChI is InChI=1S/C12H14N4O4S/c1-3-20-12(17)10-8(2)15-16(11(10)21(13,18)19)9-6-4-5-7-14-9/h4-7H,3H2,1-2H3,(H2,13,18,19). The maximum atomic E-state index is 12.0. The molecule has 0 aliphatic carbocycles. The molecule has 9 heteroatoms. The smallest absolute Gasteiger partial charge is 0.343 e. The highest BCUT2D eigenvalue weighted by atomic mass is 32.2. The first-order valence-corrected chi connectivity index (χ1v) is 7.61. The summed E-state index contributed by atoms with van der Waals surface area (Å²) in [4.78, 5) is 16.0. The zero-order chi connectivity index (χ0) is 15.6. The first-order chi connectivity index (χ1) is 9.86. The summed E-state index contributed by atoms with van der Waals surface area (Å²) in [7, 11) is -4.20. The van der Waals surface area contributed by atoms with E-state index in [-0.39, 0.29) is 23.7 Å². The molecule has 0 atom stereocenters. The van der Waals surface area contributed by atoms with Gasteiger partial charge in [-0.25, -0.2) is 28.0 Å². The number of esters is 1. The molecule has 8 nitrogen and oxygen atoms in total. The van der Waals surface area contributed by atoms with Gasteiger partial charge in [-0.1, -0.05) is 6.07 Å². The average molecular weight is 310 g/mol. The van der Waals surface area contributed by atoms with Crippen LogP contribution in [-0.4, -0.2) is 35.8 Å². The van der Waals surface area contributed by atoms with Gasteiger partial charge < -0.3 is 4.74 Å². The minimum Gasteiger partial charge on any atom is -0.462 e. The quantitative estimate of drug-likeness (QED) is 0.817. The third-order valence-electron chi connectivity index (χ3n) is 2.63. The summed E-state index contributed by atoms with van der Waals surface area (Å²) in [6, 6.07) is 4.88.